The SMILES string of the molecule is CC(=O)c1ccc(N)cc1.c1ccc(-c2ccccc2)cc1. The van der Waals surface area contributed by atoms with E-state index in [4.69, 9.17) is 5.73 Å². The van der Waals surface area contributed by atoms with Crippen LogP contribution >= 0.6 is 0 Å². The monoisotopic (exact) mass is 289 g/mol. The number of nitrogen functional groups attached to an aromatic ring is 1. The van der Waals surface area contributed by atoms with E-state index in [1.54, 1.807) is 24.3 Å². The van der Waals surface area contributed by atoms with Gasteiger partial charge < -0.3 is 5.73 Å². The molecule has 0 fully saturated rings. The van der Waals surface area contributed by atoms with E-state index in [2.05, 4.69) is 48.5 Å². The van der Waals surface area contributed by atoms with Crippen LogP contribution in [0.5, 0.6) is 0 Å². The predicted molar refractivity (Wildman–Crippen MR) is 92.7 cm³/mol. The lowest BCUT2D eigenvalue weighted by Gasteiger charge is -1.98. The Bertz CT molecular complexity index is 666. The molecule has 3 rings (SSSR count). The van der Waals surface area contributed by atoms with Gasteiger partial charge in [-0.05, 0) is 42.3 Å². The molecule has 2 heteroatoms. The zero-order valence-corrected chi connectivity index (χ0v) is 12.6. The number of nitrogens with two attached hydrogens (primary N) is 1. The van der Waals surface area contributed by atoms with Gasteiger partial charge in [0.25, 0.3) is 0 Å². The van der Waals surface area contributed by atoms with Crippen LogP contribution in [0.2, 0.25) is 0 Å². The maximum atomic E-state index is 10.7. The maximum absolute atomic E-state index is 10.7. The van der Waals surface area contributed by atoms with E-state index in [0.29, 0.717) is 11.3 Å². The molecule has 2 nitrogen and oxygen atoms in total. The first-order valence-corrected chi connectivity index (χ1v) is 7.14. The molecule has 0 aliphatic rings. The molecule has 3 aromatic rings. The van der Waals surface area contributed by atoms with Crippen LogP contribution in [0.15, 0.2) is 84.9 Å². The summed E-state index contributed by atoms with van der Waals surface area (Å²) in [6.45, 7) is 1.53. The first-order chi connectivity index (χ1) is 10.7. The molecule has 0 amide bonds. The van der Waals surface area contributed by atoms with Gasteiger partial charge in [-0.3, -0.25) is 4.79 Å². The Labute approximate surface area is 131 Å². The number of benzene rings is 3. The van der Waals surface area contributed by atoms with E-state index in [-0.39, 0.29) is 5.78 Å². The van der Waals surface area contributed by atoms with Gasteiger partial charge in [-0.2, -0.15) is 0 Å². The number of carbonyl (C=O) groups is 1. The summed E-state index contributed by atoms with van der Waals surface area (Å²) in [5.41, 5.74) is 9.36. The molecule has 0 spiro atoms. The van der Waals surface area contributed by atoms with Crippen LogP contribution in [0.25, 0.3) is 11.1 Å². The molecular formula is C20H19NO. The molecule has 0 saturated heterocycles. The van der Waals surface area contributed by atoms with Crippen molar-refractivity contribution < 1.29 is 4.79 Å². The Morgan fingerprint density at radius 1 is 0.682 bits per heavy atom. The van der Waals surface area contributed by atoms with Gasteiger partial charge in [0.15, 0.2) is 5.78 Å². The van der Waals surface area contributed by atoms with Crippen molar-refractivity contribution in [3.63, 3.8) is 0 Å². The largest absolute Gasteiger partial charge is 0.399 e. The molecule has 3 aromatic carbocycles. The number of anilines is 1. The van der Waals surface area contributed by atoms with E-state index in [0.717, 1.165) is 0 Å². The third-order valence-electron chi connectivity index (χ3n) is 3.20. The lowest BCUT2D eigenvalue weighted by molar-refractivity contribution is 0.101. The number of ketones is 1. The van der Waals surface area contributed by atoms with Crippen LogP contribution in [0.4, 0.5) is 5.69 Å². The molecule has 0 bridgehead atoms. The Morgan fingerprint density at radius 3 is 1.45 bits per heavy atom. The topological polar surface area (TPSA) is 43.1 Å². The van der Waals surface area contributed by atoms with Gasteiger partial charge in [-0.25, -0.2) is 0 Å². The van der Waals surface area contributed by atoms with Crippen molar-refractivity contribution in [3.8, 4) is 11.1 Å². The molecule has 0 unspecified atom stereocenters. The van der Waals surface area contributed by atoms with Crippen molar-refractivity contribution in [1.82, 2.24) is 0 Å². The summed E-state index contributed by atoms with van der Waals surface area (Å²) in [5, 5.41) is 0. The van der Waals surface area contributed by atoms with Gasteiger partial charge in [0.2, 0.25) is 0 Å². The number of rotatable bonds is 2. The lowest BCUT2D eigenvalue weighted by atomic mass is 10.1. The average Bonchev–Trinajstić information content (AvgIpc) is 2.57. The highest BCUT2D eigenvalue weighted by Crippen LogP contribution is 2.17. The number of carbonyl (C=O) groups excluding carboxylic acids is 1. The molecule has 0 radical (unpaired) electrons. The summed E-state index contributed by atoms with van der Waals surface area (Å²) >= 11 is 0. The van der Waals surface area contributed by atoms with Crippen LogP contribution in [0.3, 0.4) is 0 Å². The molecule has 0 saturated carbocycles. The minimum absolute atomic E-state index is 0.0694. The van der Waals surface area contributed by atoms with Crippen LogP contribution < -0.4 is 5.73 Å². The summed E-state index contributed by atoms with van der Waals surface area (Å²) in [6, 6.07) is 27.7. The number of Topliss-reactive ketones (excluding diaryl/α,β-unsaturated/α-hetero) is 1. The fourth-order valence-electron chi connectivity index (χ4n) is 1.98. The highest BCUT2D eigenvalue weighted by Gasteiger charge is 1.95. The van der Waals surface area contributed by atoms with Gasteiger partial charge >= 0.3 is 0 Å². The van der Waals surface area contributed by atoms with E-state index in [1.807, 2.05) is 12.1 Å². The molecular weight excluding hydrogens is 270 g/mol. The van der Waals surface area contributed by atoms with Crippen molar-refractivity contribution in [3.05, 3.63) is 90.5 Å². The first kappa shape index (κ1) is 15.5. The third kappa shape index (κ3) is 4.60. The van der Waals surface area contributed by atoms with Crippen molar-refractivity contribution in [2.24, 2.45) is 0 Å². The average molecular weight is 289 g/mol. The zero-order chi connectivity index (χ0) is 15.8. The summed E-state index contributed by atoms with van der Waals surface area (Å²) in [7, 11) is 0. The van der Waals surface area contributed by atoms with Crippen molar-refractivity contribution in [2.45, 2.75) is 6.92 Å². The summed E-state index contributed by atoms with van der Waals surface area (Å²) in [6.07, 6.45) is 0. The van der Waals surface area contributed by atoms with E-state index in [1.165, 1.54) is 18.1 Å². The molecule has 2 N–H and O–H groups in total. The second-order valence-electron chi connectivity index (χ2n) is 4.91. The minimum Gasteiger partial charge on any atom is -0.399 e. The maximum Gasteiger partial charge on any atom is 0.159 e. The fourth-order valence-corrected chi connectivity index (χ4v) is 1.98. The summed E-state index contributed by atoms with van der Waals surface area (Å²) in [4.78, 5) is 10.7. The standard InChI is InChI=1S/C12H10.C8H9NO/c1-3-7-11(8-4-1)12-9-5-2-6-10-12;1-6(10)7-2-4-8(9)5-3-7/h1-10H;2-5H,9H2,1H3. The van der Waals surface area contributed by atoms with Crippen molar-refractivity contribution >= 4 is 11.5 Å². The molecule has 0 aliphatic carbocycles. The van der Waals surface area contributed by atoms with Gasteiger partial charge in [-0.15, -0.1) is 0 Å². The van der Waals surface area contributed by atoms with E-state index >= 15 is 0 Å². The van der Waals surface area contributed by atoms with Crippen LogP contribution in [0.1, 0.15) is 17.3 Å². The minimum atomic E-state index is 0.0694. The number of hydrogen-bond acceptors (Lipinski definition) is 2. The summed E-state index contributed by atoms with van der Waals surface area (Å²) < 4.78 is 0. The molecule has 0 atom stereocenters. The first-order valence-electron chi connectivity index (χ1n) is 7.14. The van der Waals surface area contributed by atoms with Gasteiger partial charge in [0, 0.05) is 11.3 Å². The molecule has 0 aliphatic heterocycles. The second-order valence-corrected chi connectivity index (χ2v) is 4.91. The normalized spacial score (nSPS) is 9.50. The molecule has 110 valence electrons. The van der Waals surface area contributed by atoms with E-state index in [9.17, 15) is 4.79 Å². The highest BCUT2D eigenvalue weighted by molar-refractivity contribution is 5.94. The van der Waals surface area contributed by atoms with Gasteiger partial charge in [0.1, 0.15) is 0 Å². The molecule has 0 aromatic heterocycles. The number of hydrogen-bond donors (Lipinski definition) is 1. The third-order valence-corrected chi connectivity index (χ3v) is 3.20. The van der Waals surface area contributed by atoms with E-state index < -0.39 is 0 Å². The van der Waals surface area contributed by atoms with Crippen molar-refractivity contribution in [2.75, 3.05) is 5.73 Å². The Morgan fingerprint density at radius 2 is 1.09 bits per heavy atom. The predicted octanol–water partition coefficient (Wildman–Crippen LogP) is 4.83. The zero-order valence-electron chi connectivity index (χ0n) is 12.6. The molecule has 22 heavy (non-hydrogen) atoms. The lowest BCUT2D eigenvalue weighted by Crippen LogP contribution is -1.91. The Balaban J connectivity index is 0.000000164. The fraction of sp³-hybridized carbons (Fsp3) is 0.0500. The Kier molecular flexibility index (Phi) is 5.50. The smallest absolute Gasteiger partial charge is 0.159 e. The summed E-state index contributed by atoms with van der Waals surface area (Å²) in [5.74, 6) is 0.0694. The van der Waals surface area contributed by atoms with Gasteiger partial charge in [-0.1, -0.05) is 60.7 Å². The quantitative estimate of drug-likeness (QED) is 0.542. The highest BCUT2D eigenvalue weighted by atomic mass is 16.1. The van der Waals surface area contributed by atoms with Crippen LogP contribution in [0, 0.1) is 0 Å². The van der Waals surface area contributed by atoms with Crippen LogP contribution in [-0.2, 0) is 0 Å². The van der Waals surface area contributed by atoms with Crippen molar-refractivity contribution in [1.29, 1.82) is 0 Å². The van der Waals surface area contributed by atoms with Crippen LogP contribution in [-0.4, -0.2) is 5.78 Å². The second kappa shape index (κ2) is 7.79. The Hall–Kier alpha value is -2.87. The molecule has 0 heterocycles. The van der Waals surface area contributed by atoms with Gasteiger partial charge in [0.05, 0.1) is 0 Å².